The first kappa shape index (κ1) is 15.7. The van der Waals surface area contributed by atoms with E-state index in [0.717, 1.165) is 12.1 Å². The molecule has 1 aromatic rings. The van der Waals surface area contributed by atoms with Crippen LogP contribution in [0.3, 0.4) is 0 Å². The Balaban J connectivity index is 2.36. The number of rotatable bonds is 3. The maximum Gasteiger partial charge on any atom is 0.270 e. The number of nitrogens with two attached hydrogens (primary N) is 1. The number of nitrogens with zero attached hydrogens (tertiary/aromatic N) is 2. The lowest BCUT2D eigenvalue weighted by molar-refractivity contribution is -0.385. The Morgan fingerprint density at radius 1 is 1.38 bits per heavy atom. The predicted octanol–water partition coefficient (Wildman–Crippen LogP) is 0.713. The number of non-ortho nitro benzene ring substituents is 1. The lowest BCUT2D eigenvalue weighted by Crippen LogP contribution is -2.45. The minimum atomic E-state index is -3.91. The summed E-state index contributed by atoms with van der Waals surface area (Å²) in [6, 6.07) is 3.35. The Bertz CT molecular complexity index is 661. The first-order valence-corrected chi connectivity index (χ1v) is 7.84. The van der Waals surface area contributed by atoms with Crippen LogP contribution < -0.4 is 5.73 Å². The standard InChI is InChI=1S/C12H17N3O5S/c1-12(16)4-6-14(7-5-12)21(19,20)11-8-9(15(17)18)2-3-10(11)13/h2-3,8,16H,4-7,13H2,1H3. The molecule has 1 saturated heterocycles. The molecule has 0 bridgehead atoms. The third kappa shape index (κ3) is 3.14. The Morgan fingerprint density at radius 2 is 1.95 bits per heavy atom. The van der Waals surface area contributed by atoms with Crippen molar-refractivity contribution >= 4 is 21.4 Å². The van der Waals surface area contributed by atoms with Gasteiger partial charge in [-0.3, -0.25) is 10.1 Å². The number of nitro benzene ring substituents is 1. The van der Waals surface area contributed by atoms with Crippen molar-refractivity contribution in [3.8, 4) is 0 Å². The second-order valence-electron chi connectivity index (χ2n) is 5.38. The lowest BCUT2D eigenvalue weighted by atomic mass is 9.95. The van der Waals surface area contributed by atoms with Crippen LogP contribution in [0.15, 0.2) is 23.1 Å². The van der Waals surface area contributed by atoms with Gasteiger partial charge >= 0.3 is 0 Å². The third-order valence-corrected chi connectivity index (χ3v) is 5.58. The molecule has 0 atom stereocenters. The van der Waals surface area contributed by atoms with Crippen LogP contribution in [0, 0.1) is 10.1 Å². The molecule has 116 valence electrons. The number of piperidine rings is 1. The molecule has 0 saturated carbocycles. The number of sulfonamides is 1. The Kier molecular flexibility index (Phi) is 3.91. The predicted molar refractivity (Wildman–Crippen MR) is 76.1 cm³/mol. The zero-order valence-electron chi connectivity index (χ0n) is 11.5. The van der Waals surface area contributed by atoms with Gasteiger partial charge in [0.15, 0.2) is 0 Å². The van der Waals surface area contributed by atoms with Crippen molar-refractivity contribution in [3.63, 3.8) is 0 Å². The van der Waals surface area contributed by atoms with Crippen LogP contribution in [0.1, 0.15) is 19.8 Å². The molecule has 2 rings (SSSR count). The highest BCUT2D eigenvalue weighted by Crippen LogP contribution is 2.30. The lowest BCUT2D eigenvalue weighted by Gasteiger charge is -2.35. The van der Waals surface area contributed by atoms with E-state index in [1.165, 1.54) is 10.4 Å². The van der Waals surface area contributed by atoms with Crippen LogP contribution in [0.2, 0.25) is 0 Å². The van der Waals surface area contributed by atoms with Gasteiger partial charge in [0.1, 0.15) is 4.90 Å². The minimum Gasteiger partial charge on any atom is -0.398 e. The highest BCUT2D eigenvalue weighted by Gasteiger charge is 2.35. The van der Waals surface area contributed by atoms with Crippen molar-refractivity contribution in [1.29, 1.82) is 0 Å². The SMILES string of the molecule is CC1(O)CCN(S(=O)(=O)c2cc([N+](=O)[O-])ccc2N)CC1. The molecule has 8 nitrogen and oxygen atoms in total. The summed E-state index contributed by atoms with van der Waals surface area (Å²) in [6.07, 6.45) is 0.613. The largest absolute Gasteiger partial charge is 0.398 e. The van der Waals surface area contributed by atoms with Crippen molar-refractivity contribution in [3.05, 3.63) is 28.3 Å². The molecule has 3 N–H and O–H groups in total. The first-order chi connectivity index (χ1) is 9.63. The highest BCUT2D eigenvalue weighted by molar-refractivity contribution is 7.89. The van der Waals surface area contributed by atoms with E-state index >= 15 is 0 Å². The van der Waals surface area contributed by atoms with Crippen LogP contribution in [0.5, 0.6) is 0 Å². The van der Waals surface area contributed by atoms with Gasteiger partial charge in [-0.1, -0.05) is 0 Å². The van der Waals surface area contributed by atoms with E-state index in [-0.39, 0.29) is 29.4 Å². The maximum atomic E-state index is 12.5. The Labute approximate surface area is 122 Å². The number of anilines is 1. The number of hydrogen-bond acceptors (Lipinski definition) is 6. The topological polar surface area (TPSA) is 127 Å². The maximum absolute atomic E-state index is 12.5. The molecule has 0 spiro atoms. The molecule has 0 radical (unpaired) electrons. The summed E-state index contributed by atoms with van der Waals surface area (Å²) in [6.45, 7) is 1.95. The van der Waals surface area contributed by atoms with Crippen LogP contribution in [0.25, 0.3) is 0 Å². The van der Waals surface area contributed by atoms with E-state index in [2.05, 4.69) is 0 Å². The van der Waals surface area contributed by atoms with Gasteiger partial charge in [0, 0.05) is 25.2 Å². The van der Waals surface area contributed by atoms with Crippen molar-refractivity contribution in [1.82, 2.24) is 4.31 Å². The normalized spacial score (nSPS) is 19.3. The molecule has 0 aliphatic carbocycles. The van der Waals surface area contributed by atoms with Gasteiger partial charge in [-0.15, -0.1) is 0 Å². The van der Waals surface area contributed by atoms with E-state index in [4.69, 9.17) is 5.73 Å². The van der Waals surface area contributed by atoms with E-state index in [0.29, 0.717) is 12.8 Å². The summed E-state index contributed by atoms with van der Waals surface area (Å²) in [7, 11) is -3.91. The average Bonchev–Trinajstić information content (AvgIpc) is 2.38. The molecule has 1 heterocycles. The summed E-state index contributed by atoms with van der Waals surface area (Å²) in [5.41, 5.74) is 4.41. The van der Waals surface area contributed by atoms with E-state index < -0.39 is 20.5 Å². The van der Waals surface area contributed by atoms with E-state index in [1.54, 1.807) is 6.92 Å². The van der Waals surface area contributed by atoms with Gasteiger partial charge in [0.2, 0.25) is 10.0 Å². The van der Waals surface area contributed by atoms with Crippen molar-refractivity contribution in [2.24, 2.45) is 0 Å². The quantitative estimate of drug-likeness (QED) is 0.480. The molecule has 1 aliphatic rings. The molecule has 1 aromatic carbocycles. The average molecular weight is 315 g/mol. The summed E-state index contributed by atoms with van der Waals surface area (Å²) < 4.78 is 26.3. The number of nitro groups is 1. The summed E-state index contributed by atoms with van der Waals surface area (Å²) in [4.78, 5) is 9.84. The fraction of sp³-hybridized carbons (Fsp3) is 0.500. The first-order valence-electron chi connectivity index (χ1n) is 6.40. The zero-order chi connectivity index (χ0) is 15.8. The second kappa shape index (κ2) is 5.24. The summed E-state index contributed by atoms with van der Waals surface area (Å²) in [5, 5.41) is 20.6. The third-order valence-electron chi connectivity index (χ3n) is 3.63. The highest BCUT2D eigenvalue weighted by atomic mass is 32.2. The molecule has 21 heavy (non-hydrogen) atoms. The van der Waals surface area contributed by atoms with Gasteiger partial charge in [-0.2, -0.15) is 4.31 Å². The van der Waals surface area contributed by atoms with Gasteiger partial charge in [-0.25, -0.2) is 8.42 Å². The van der Waals surface area contributed by atoms with E-state index in [1.807, 2.05) is 0 Å². The van der Waals surface area contributed by atoms with Gasteiger partial charge in [-0.05, 0) is 25.8 Å². The van der Waals surface area contributed by atoms with Crippen molar-refractivity contribution < 1.29 is 18.4 Å². The smallest absolute Gasteiger partial charge is 0.270 e. The summed E-state index contributed by atoms with van der Waals surface area (Å²) >= 11 is 0. The number of aliphatic hydroxyl groups is 1. The molecule has 1 aliphatic heterocycles. The van der Waals surface area contributed by atoms with Crippen molar-refractivity contribution in [2.45, 2.75) is 30.3 Å². The molecular weight excluding hydrogens is 298 g/mol. The fourth-order valence-electron chi connectivity index (χ4n) is 2.21. The van der Waals surface area contributed by atoms with Gasteiger partial charge < -0.3 is 10.8 Å². The van der Waals surface area contributed by atoms with Crippen molar-refractivity contribution in [2.75, 3.05) is 18.8 Å². The van der Waals surface area contributed by atoms with Crippen LogP contribution in [-0.2, 0) is 10.0 Å². The monoisotopic (exact) mass is 315 g/mol. The number of benzene rings is 1. The van der Waals surface area contributed by atoms with Crippen LogP contribution in [-0.4, -0.2) is 41.4 Å². The minimum absolute atomic E-state index is 0.0297. The Hall–Kier alpha value is -1.71. The van der Waals surface area contributed by atoms with Gasteiger partial charge in [0.05, 0.1) is 16.2 Å². The van der Waals surface area contributed by atoms with Crippen LogP contribution >= 0.6 is 0 Å². The zero-order valence-corrected chi connectivity index (χ0v) is 12.3. The second-order valence-corrected chi connectivity index (χ2v) is 7.29. The molecule has 0 aromatic heterocycles. The van der Waals surface area contributed by atoms with E-state index in [9.17, 15) is 23.6 Å². The summed E-state index contributed by atoms with van der Waals surface area (Å²) in [5.74, 6) is 0. The molecule has 1 fully saturated rings. The molecule has 9 heteroatoms. The number of nitrogen functional groups attached to an aromatic ring is 1. The van der Waals surface area contributed by atoms with Gasteiger partial charge in [0.25, 0.3) is 5.69 Å². The van der Waals surface area contributed by atoms with Crippen LogP contribution in [0.4, 0.5) is 11.4 Å². The number of hydrogen-bond donors (Lipinski definition) is 2. The molecule has 0 unspecified atom stereocenters. The molecular formula is C12H17N3O5S. The Morgan fingerprint density at radius 3 is 2.48 bits per heavy atom. The fourth-order valence-corrected chi connectivity index (χ4v) is 3.78. The molecule has 0 amide bonds.